The lowest BCUT2D eigenvalue weighted by atomic mass is 9.84. The molecule has 0 spiro atoms. The van der Waals surface area contributed by atoms with Crippen molar-refractivity contribution in [2.24, 2.45) is 50.3 Å². The van der Waals surface area contributed by atoms with Crippen LogP contribution in [-0.4, -0.2) is 143 Å². The summed E-state index contributed by atoms with van der Waals surface area (Å²) in [6, 6.07) is 0.268. The first-order valence-electron chi connectivity index (χ1n) is 23.5. The van der Waals surface area contributed by atoms with E-state index in [-0.39, 0.29) is 93.3 Å². The Balaban J connectivity index is 1.57. The van der Waals surface area contributed by atoms with Crippen molar-refractivity contribution in [1.29, 1.82) is 0 Å². The van der Waals surface area contributed by atoms with E-state index in [9.17, 15) is 43.2 Å². The van der Waals surface area contributed by atoms with Crippen LogP contribution >= 0.6 is 21.6 Å². The van der Waals surface area contributed by atoms with E-state index in [1.807, 2.05) is 0 Å². The largest absolute Gasteiger partial charge is 0.370 e. The molecule has 9 amide bonds. The summed E-state index contributed by atoms with van der Waals surface area (Å²) in [6.45, 7) is 0.470. The van der Waals surface area contributed by atoms with Gasteiger partial charge in [0.05, 0.1) is 0 Å². The van der Waals surface area contributed by atoms with E-state index in [0.29, 0.717) is 24.9 Å². The second kappa shape index (κ2) is 29.0. The van der Waals surface area contributed by atoms with Crippen LogP contribution in [0, 0.1) is 5.92 Å². The van der Waals surface area contributed by atoms with Crippen LogP contribution in [0.25, 0.3) is 0 Å². The van der Waals surface area contributed by atoms with Crippen molar-refractivity contribution in [2.45, 2.75) is 132 Å². The number of carbonyl (C=O) groups excluding carboxylic acids is 9. The van der Waals surface area contributed by atoms with Gasteiger partial charge in [0, 0.05) is 43.1 Å². The number of rotatable bonds is 25. The standard InChI is InChI=1S/C44H69N15O9S2/c45-34(60)18-17-29(38(64)56-30(22-25-10-3-1-4-11-25)39(65)58-32-24-70-69-23-31(35(46)61)57-40(32)66)54-36(62)27(14-7-19-51-43(47)48)53-37(63)28(15-8-20-52-44(49)50)55-41(67)33-16-9-21-59(33)42(68)26-12-5-2-6-13-26/h2,5-6,12-13,25,27-33H,1,3-4,7-11,14-24H2,(H2,45,60)(H2,46,61)(H,53,63)(H,54,62)(H,55,67)(H,56,64)(H,57,66)(H,58,65)(H4,47,48,51)(H4,49,50,52)/t27-,28-,29+,30+,31+,32+,33+/m1/s1. The van der Waals surface area contributed by atoms with Gasteiger partial charge in [-0.2, -0.15) is 0 Å². The Labute approximate surface area is 414 Å². The number of hydrogen-bond donors (Lipinski definition) is 12. The van der Waals surface area contributed by atoms with E-state index in [2.05, 4.69) is 41.9 Å². The van der Waals surface area contributed by atoms with E-state index in [1.165, 1.54) is 26.5 Å². The third-order valence-electron chi connectivity index (χ3n) is 12.1. The van der Waals surface area contributed by atoms with Gasteiger partial charge in [-0.3, -0.25) is 53.1 Å². The van der Waals surface area contributed by atoms with Crippen LogP contribution in [0.15, 0.2) is 40.3 Å². The van der Waals surface area contributed by atoms with Crippen LogP contribution in [0.1, 0.15) is 100 Å². The quantitative estimate of drug-likeness (QED) is 0.0207. The van der Waals surface area contributed by atoms with Crippen molar-refractivity contribution in [3.8, 4) is 0 Å². The van der Waals surface area contributed by atoms with E-state index >= 15 is 0 Å². The minimum Gasteiger partial charge on any atom is -0.370 e. The van der Waals surface area contributed by atoms with Gasteiger partial charge in [-0.1, -0.05) is 71.9 Å². The molecule has 2 heterocycles. The van der Waals surface area contributed by atoms with Gasteiger partial charge in [-0.25, -0.2) is 0 Å². The molecule has 18 N–H and O–H groups in total. The molecule has 386 valence electrons. The lowest BCUT2D eigenvalue weighted by molar-refractivity contribution is -0.136. The van der Waals surface area contributed by atoms with Crippen molar-refractivity contribution in [3.63, 3.8) is 0 Å². The van der Waals surface area contributed by atoms with Crippen LogP contribution in [0.5, 0.6) is 0 Å². The number of hydrogen-bond acceptors (Lipinski definition) is 13. The summed E-state index contributed by atoms with van der Waals surface area (Å²) in [5, 5.41) is 16.1. The normalized spacial score (nSPS) is 20.0. The molecule has 0 radical (unpaired) electrons. The summed E-state index contributed by atoms with van der Waals surface area (Å²) in [5.41, 5.74) is 33.5. The van der Waals surface area contributed by atoms with Gasteiger partial charge in [0.2, 0.25) is 47.3 Å². The number of primary amides is 2. The third kappa shape index (κ3) is 18.9. The van der Waals surface area contributed by atoms with Crippen molar-refractivity contribution in [2.75, 3.05) is 31.1 Å². The third-order valence-corrected chi connectivity index (χ3v) is 14.5. The summed E-state index contributed by atoms with van der Waals surface area (Å²) in [6.07, 6.45) is 5.18. The van der Waals surface area contributed by atoms with Gasteiger partial charge in [0.15, 0.2) is 11.9 Å². The number of guanidine groups is 2. The highest BCUT2D eigenvalue weighted by Crippen LogP contribution is 2.28. The highest BCUT2D eigenvalue weighted by atomic mass is 33.1. The van der Waals surface area contributed by atoms with Crippen LogP contribution in [0.2, 0.25) is 0 Å². The molecule has 2 saturated heterocycles. The molecule has 1 aromatic rings. The molecule has 3 fully saturated rings. The van der Waals surface area contributed by atoms with Crippen molar-refractivity contribution in [3.05, 3.63) is 35.9 Å². The molecule has 24 nitrogen and oxygen atoms in total. The zero-order valence-corrected chi connectivity index (χ0v) is 40.9. The first kappa shape index (κ1) is 56.3. The molecule has 70 heavy (non-hydrogen) atoms. The Hall–Kier alpha value is -6.31. The maximum Gasteiger partial charge on any atom is 0.254 e. The average molecular weight is 1020 g/mol. The van der Waals surface area contributed by atoms with Crippen molar-refractivity contribution in [1.82, 2.24) is 36.8 Å². The molecule has 4 rings (SSSR count). The molecule has 3 aliphatic rings. The predicted octanol–water partition coefficient (Wildman–Crippen LogP) is -2.58. The summed E-state index contributed by atoms with van der Waals surface area (Å²) >= 11 is 0. The molecule has 1 aromatic carbocycles. The second-order valence-corrected chi connectivity index (χ2v) is 20.1. The van der Waals surface area contributed by atoms with Crippen LogP contribution < -0.4 is 66.3 Å². The highest BCUT2D eigenvalue weighted by Gasteiger charge is 2.38. The summed E-state index contributed by atoms with van der Waals surface area (Å²) in [7, 11) is 2.58. The monoisotopic (exact) mass is 1020 g/mol. The first-order valence-corrected chi connectivity index (χ1v) is 26.0. The van der Waals surface area contributed by atoms with Gasteiger partial charge in [0.25, 0.3) is 5.91 Å². The Kier molecular flexibility index (Phi) is 23.3. The smallest absolute Gasteiger partial charge is 0.254 e. The van der Waals surface area contributed by atoms with E-state index in [1.54, 1.807) is 30.3 Å². The molecular formula is C44H69N15O9S2. The van der Waals surface area contributed by atoms with Gasteiger partial charge in [-0.15, -0.1) is 0 Å². The fourth-order valence-corrected chi connectivity index (χ4v) is 10.7. The van der Waals surface area contributed by atoms with Gasteiger partial charge >= 0.3 is 0 Å². The number of nitrogens with one attached hydrogen (secondary N) is 6. The minimum absolute atomic E-state index is 0.00982. The van der Waals surface area contributed by atoms with Crippen LogP contribution in [0.4, 0.5) is 0 Å². The topological polar surface area (TPSA) is 410 Å². The molecule has 0 aromatic heterocycles. The molecule has 2 aliphatic heterocycles. The Morgan fingerprint density at radius 3 is 1.80 bits per heavy atom. The SMILES string of the molecule is NC(=O)CC[C@H](NC(=O)[C@@H](CCCN=C(N)N)NC(=O)[C@@H](CCCN=C(N)N)NC(=O)[C@@H]1CCCN1C(=O)c1ccccc1)C(=O)N[C@@H](CC1CCCCC1)C(=O)N[C@H]1CSSC[C@@H](C(N)=O)NC1=O. The molecule has 1 aliphatic carbocycles. The van der Waals surface area contributed by atoms with Crippen LogP contribution in [-0.2, 0) is 38.4 Å². The molecule has 0 unspecified atom stereocenters. The fraction of sp³-hybridized carbons (Fsp3) is 0.614. The lowest BCUT2D eigenvalue weighted by Crippen LogP contribution is -2.60. The van der Waals surface area contributed by atoms with Gasteiger partial charge in [-0.05, 0) is 69.4 Å². The van der Waals surface area contributed by atoms with Crippen molar-refractivity contribution >= 4 is 86.7 Å². The number of carbonyl (C=O) groups is 9. The number of benzene rings is 1. The molecule has 7 atom stereocenters. The Morgan fingerprint density at radius 2 is 1.23 bits per heavy atom. The lowest BCUT2D eigenvalue weighted by Gasteiger charge is -2.30. The fourth-order valence-electron chi connectivity index (χ4n) is 8.36. The van der Waals surface area contributed by atoms with Gasteiger partial charge in [0.1, 0.15) is 42.3 Å². The first-order chi connectivity index (χ1) is 33.4. The molecule has 26 heteroatoms. The molecule has 0 bridgehead atoms. The zero-order valence-electron chi connectivity index (χ0n) is 39.2. The molecule has 1 saturated carbocycles. The van der Waals surface area contributed by atoms with Gasteiger partial charge < -0.3 is 71.2 Å². The van der Waals surface area contributed by atoms with E-state index in [4.69, 9.17) is 34.4 Å². The predicted molar refractivity (Wildman–Crippen MR) is 266 cm³/mol. The minimum atomic E-state index is -1.46. The number of amides is 9. The number of nitrogens with zero attached hydrogens (tertiary/aromatic N) is 3. The van der Waals surface area contributed by atoms with E-state index < -0.39 is 89.6 Å². The summed E-state index contributed by atoms with van der Waals surface area (Å²) in [5.74, 6) is -6.19. The second-order valence-electron chi connectivity index (χ2n) is 17.5. The number of nitrogens with two attached hydrogens (primary N) is 6. The van der Waals surface area contributed by atoms with Crippen LogP contribution in [0.3, 0.4) is 0 Å². The van der Waals surface area contributed by atoms with E-state index in [0.717, 1.165) is 32.1 Å². The zero-order chi connectivity index (χ0) is 51.2. The highest BCUT2D eigenvalue weighted by molar-refractivity contribution is 8.76. The Bertz CT molecular complexity index is 2050. The number of aliphatic imine (C=N–C) groups is 2. The summed E-state index contributed by atoms with van der Waals surface area (Å²) in [4.78, 5) is 131. The molecular weight excluding hydrogens is 947 g/mol. The maximum absolute atomic E-state index is 14.3. The van der Waals surface area contributed by atoms with Crippen molar-refractivity contribution < 1.29 is 43.2 Å². The maximum atomic E-state index is 14.3. The average Bonchev–Trinajstić information content (AvgIpc) is 3.82. The summed E-state index contributed by atoms with van der Waals surface area (Å²) < 4.78 is 0. The Morgan fingerprint density at radius 1 is 0.671 bits per heavy atom. The number of likely N-dealkylation sites (tertiary alicyclic amines) is 1.